The van der Waals surface area contributed by atoms with Crippen LogP contribution in [0.1, 0.15) is 36.8 Å². The lowest BCUT2D eigenvalue weighted by Gasteiger charge is -2.35. The summed E-state index contributed by atoms with van der Waals surface area (Å²) in [7, 11) is 1.88. The fourth-order valence-electron chi connectivity index (χ4n) is 2.95. The Labute approximate surface area is 123 Å². The number of amidine groups is 1. The van der Waals surface area contributed by atoms with Crippen molar-refractivity contribution in [3.63, 3.8) is 0 Å². The zero-order chi connectivity index (χ0) is 15.4. The molecule has 6 heteroatoms. The molecule has 1 fully saturated rings. The van der Waals surface area contributed by atoms with Crippen molar-refractivity contribution < 1.29 is 14.7 Å². The second-order valence-electron chi connectivity index (χ2n) is 5.60. The molecule has 2 rings (SSSR count). The van der Waals surface area contributed by atoms with E-state index >= 15 is 0 Å². The largest absolute Gasteiger partial charge is 0.409 e. The van der Waals surface area contributed by atoms with Crippen LogP contribution >= 0.6 is 0 Å². The number of benzene rings is 1. The summed E-state index contributed by atoms with van der Waals surface area (Å²) in [5, 5.41) is 21.6. The minimum Gasteiger partial charge on any atom is -0.409 e. The predicted molar refractivity (Wildman–Crippen MR) is 78.6 cm³/mol. The number of aliphatic hydroxyl groups is 1. The molecule has 0 saturated heterocycles. The van der Waals surface area contributed by atoms with Crippen LogP contribution in [0.4, 0.5) is 4.39 Å². The lowest BCUT2D eigenvalue weighted by molar-refractivity contribution is 0.0284. The maximum Gasteiger partial charge on any atom is 0.173 e. The van der Waals surface area contributed by atoms with Gasteiger partial charge in [0.2, 0.25) is 0 Å². The summed E-state index contributed by atoms with van der Waals surface area (Å²) in [4.78, 5) is 1.97. The van der Waals surface area contributed by atoms with Crippen LogP contribution in [0.25, 0.3) is 0 Å². The van der Waals surface area contributed by atoms with Crippen molar-refractivity contribution in [1.82, 2.24) is 4.90 Å². The summed E-state index contributed by atoms with van der Waals surface area (Å²) in [6.45, 7) is 0.375. The highest BCUT2D eigenvalue weighted by Crippen LogP contribution is 2.24. The van der Waals surface area contributed by atoms with Crippen molar-refractivity contribution in [3.05, 3.63) is 35.1 Å². The first kappa shape index (κ1) is 15.7. The number of hydrogen-bond donors (Lipinski definition) is 3. The van der Waals surface area contributed by atoms with Gasteiger partial charge in [0.1, 0.15) is 5.82 Å². The van der Waals surface area contributed by atoms with Crippen LogP contribution in [0.3, 0.4) is 0 Å². The van der Waals surface area contributed by atoms with Gasteiger partial charge < -0.3 is 16.0 Å². The van der Waals surface area contributed by atoms with Crippen LogP contribution in [0, 0.1) is 5.82 Å². The number of nitrogens with two attached hydrogens (primary N) is 1. The highest BCUT2D eigenvalue weighted by molar-refractivity contribution is 5.97. The number of oxime groups is 1. The molecule has 21 heavy (non-hydrogen) atoms. The van der Waals surface area contributed by atoms with Gasteiger partial charge in [-0.1, -0.05) is 30.1 Å². The number of rotatable bonds is 4. The van der Waals surface area contributed by atoms with E-state index in [1.807, 2.05) is 11.9 Å². The average Bonchev–Trinajstić information content (AvgIpc) is 2.49. The molecule has 0 bridgehead atoms. The van der Waals surface area contributed by atoms with Crippen molar-refractivity contribution in [2.45, 2.75) is 44.4 Å². The van der Waals surface area contributed by atoms with Crippen molar-refractivity contribution in [3.8, 4) is 0 Å². The first-order valence-electron chi connectivity index (χ1n) is 7.18. The standard InChI is InChI=1S/C15H22FN3O2/c1-19(12-7-2-3-8-13(12)20)9-10-5-4-6-11(14(10)16)15(17)18-21/h4-6,12-13,20-21H,2-3,7-9H2,1H3,(H2,17,18). The highest BCUT2D eigenvalue weighted by atomic mass is 19.1. The third kappa shape index (κ3) is 3.51. The maximum absolute atomic E-state index is 14.4. The molecule has 0 radical (unpaired) electrons. The normalized spacial score (nSPS) is 23.5. The topological polar surface area (TPSA) is 82.1 Å². The van der Waals surface area contributed by atoms with E-state index in [-0.39, 0.29) is 23.5 Å². The maximum atomic E-state index is 14.4. The highest BCUT2D eigenvalue weighted by Gasteiger charge is 2.27. The Kier molecular flexibility index (Phi) is 5.14. The summed E-state index contributed by atoms with van der Waals surface area (Å²) < 4.78 is 14.4. The van der Waals surface area contributed by atoms with Crippen LogP contribution in [0.5, 0.6) is 0 Å². The number of likely N-dealkylation sites (N-methyl/N-ethyl adjacent to an activating group) is 1. The third-order valence-electron chi connectivity index (χ3n) is 4.14. The lowest BCUT2D eigenvalue weighted by Crippen LogP contribution is -2.43. The van der Waals surface area contributed by atoms with Crippen molar-refractivity contribution in [2.24, 2.45) is 10.9 Å². The lowest BCUT2D eigenvalue weighted by atomic mass is 9.91. The third-order valence-corrected chi connectivity index (χ3v) is 4.14. The van der Waals surface area contributed by atoms with Crippen molar-refractivity contribution in [1.29, 1.82) is 0 Å². The molecule has 5 nitrogen and oxygen atoms in total. The molecule has 2 atom stereocenters. The Balaban J connectivity index is 2.15. The molecule has 2 unspecified atom stereocenters. The molecule has 0 amide bonds. The first-order chi connectivity index (χ1) is 10.0. The Hall–Kier alpha value is -1.66. The van der Waals surface area contributed by atoms with E-state index in [9.17, 15) is 9.50 Å². The van der Waals surface area contributed by atoms with E-state index in [4.69, 9.17) is 10.9 Å². The fraction of sp³-hybridized carbons (Fsp3) is 0.533. The molecule has 1 saturated carbocycles. The zero-order valence-electron chi connectivity index (χ0n) is 12.2. The summed E-state index contributed by atoms with van der Waals surface area (Å²) in [5.74, 6) is -0.723. The minimum absolute atomic E-state index is 0.0469. The molecular formula is C15H22FN3O2. The molecule has 0 aromatic heterocycles. The van der Waals surface area contributed by atoms with Crippen LogP contribution in [0.2, 0.25) is 0 Å². The van der Waals surface area contributed by atoms with Gasteiger partial charge in [0.15, 0.2) is 5.84 Å². The molecule has 0 heterocycles. The molecule has 0 aliphatic heterocycles. The molecule has 1 aliphatic rings. The molecule has 0 spiro atoms. The summed E-state index contributed by atoms with van der Waals surface area (Å²) >= 11 is 0. The van der Waals surface area contributed by atoms with Gasteiger partial charge in [0.25, 0.3) is 0 Å². The number of halogens is 1. The Bertz CT molecular complexity index is 522. The first-order valence-corrected chi connectivity index (χ1v) is 7.18. The quantitative estimate of drug-likeness (QED) is 0.341. The molecule has 4 N–H and O–H groups in total. The average molecular weight is 295 g/mol. The monoisotopic (exact) mass is 295 g/mol. The van der Waals surface area contributed by atoms with E-state index in [2.05, 4.69) is 5.16 Å². The van der Waals surface area contributed by atoms with Crippen molar-refractivity contribution in [2.75, 3.05) is 7.05 Å². The van der Waals surface area contributed by atoms with Crippen LogP contribution in [-0.4, -0.2) is 40.2 Å². The van der Waals surface area contributed by atoms with Gasteiger partial charge in [-0.3, -0.25) is 4.90 Å². The van der Waals surface area contributed by atoms with Gasteiger partial charge in [0, 0.05) is 18.2 Å². The summed E-state index contributed by atoms with van der Waals surface area (Å²) in [5.41, 5.74) is 6.03. The summed E-state index contributed by atoms with van der Waals surface area (Å²) in [6, 6.07) is 4.88. The fourth-order valence-corrected chi connectivity index (χ4v) is 2.95. The smallest absolute Gasteiger partial charge is 0.173 e. The van der Waals surface area contributed by atoms with Gasteiger partial charge in [0.05, 0.1) is 11.7 Å². The van der Waals surface area contributed by atoms with Gasteiger partial charge in [-0.2, -0.15) is 0 Å². The molecule has 1 aromatic carbocycles. The Morgan fingerprint density at radius 1 is 1.43 bits per heavy atom. The van der Waals surface area contributed by atoms with Crippen LogP contribution in [-0.2, 0) is 6.54 Å². The Morgan fingerprint density at radius 2 is 2.14 bits per heavy atom. The van der Waals surface area contributed by atoms with Crippen LogP contribution in [0.15, 0.2) is 23.4 Å². The Morgan fingerprint density at radius 3 is 2.81 bits per heavy atom. The molecule has 116 valence electrons. The van der Waals surface area contributed by atoms with E-state index in [1.165, 1.54) is 6.07 Å². The molecule has 1 aliphatic carbocycles. The second-order valence-corrected chi connectivity index (χ2v) is 5.60. The van der Waals surface area contributed by atoms with Gasteiger partial charge >= 0.3 is 0 Å². The molecule has 1 aromatic rings. The number of aliphatic hydroxyl groups excluding tert-OH is 1. The van der Waals surface area contributed by atoms with Crippen LogP contribution < -0.4 is 5.73 Å². The van der Waals surface area contributed by atoms with Gasteiger partial charge in [-0.25, -0.2) is 4.39 Å². The number of hydrogen-bond acceptors (Lipinski definition) is 4. The minimum atomic E-state index is -0.482. The van der Waals surface area contributed by atoms with Gasteiger partial charge in [-0.15, -0.1) is 0 Å². The second kappa shape index (κ2) is 6.87. The summed E-state index contributed by atoms with van der Waals surface area (Å²) in [6.07, 6.45) is 3.47. The van der Waals surface area contributed by atoms with E-state index in [0.717, 1.165) is 25.7 Å². The predicted octanol–water partition coefficient (Wildman–Crippen LogP) is 1.66. The SMILES string of the molecule is CN(Cc1cccc(/C(N)=N/O)c1F)C1CCCCC1O. The van der Waals surface area contributed by atoms with E-state index < -0.39 is 5.82 Å². The molecular weight excluding hydrogens is 273 g/mol. The number of nitrogens with zero attached hydrogens (tertiary/aromatic N) is 2. The van der Waals surface area contributed by atoms with Crippen molar-refractivity contribution >= 4 is 5.84 Å². The van der Waals surface area contributed by atoms with E-state index in [0.29, 0.717) is 12.1 Å². The van der Waals surface area contributed by atoms with Gasteiger partial charge in [-0.05, 0) is 26.0 Å². The zero-order valence-corrected chi connectivity index (χ0v) is 12.2. The van der Waals surface area contributed by atoms with E-state index in [1.54, 1.807) is 12.1 Å².